The second-order valence-electron chi connectivity index (χ2n) is 9.28. The molecule has 0 aromatic heterocycles. The number of hydrogen-bond donors (Lipinski definition) is 1. The van der Waals surface area contributed by atoms with Crippen LogP contribution in [-0.2, 0) is 9.53 Å². The van der Waals surface area contributed by atoms with Gasteiger partial charge in [-0.3, -0.25) is 9.69 Å². The van der Waals surface area contributed by atoms with E-state index in [1.807, 2.05) is 48.5 Å². The van der Waals surface area contributed by atoms with Crippen LogP contribution in [0.15, 0.2) is 0 Å². The fourth-order valence-electron chi connectivity index (χ4n) is 3.04. The maximum atomic E-state index is 12.4. The summed E-state index contributed by atoms with van der Waals surface area (Å²) < 4.78 is 5.42. The van der Waals surface area contributed by atoms with Crippen molar-refractivity contribution in [1.82, 2.24) is 15.1 Å². The molecule has 2 atom stereocenters. The van der Waals surface area contributed by atoms with Crippen molar-refractivity contribution in [1.29, 1.82) is 0 Å². The van der Waals surface area contributed by atoms with Crippen molar-refractivity contribution in [2.75, 3.05) is 26.7 Å². The highest BCUT2D eigenvalue weighted by molar-refractivity contribution is 5.82. The molecule has 6 nitrogen and oxygen atoms in total. The van der Waals surface area contributed by atoms with Crippen molar-refractivity contribution in [2.45, 2.75) is 78.5 Å². The number of piperidine rings is 1. The molecule has 0 unspecified atom stereocenters. The lowest BCUT2D eigenvalue weighted by molar-refractivity contribution is -0.128. The molecule has 1 saturated heterocycles. The summed E-state index contributed by atoms with van der Waals surface area (Å²) in [5.41, 5.74) is -0.707. The van der Waals surface area contributed by atoms with Crippen LogP contribution in [0, 0.1) is 5.92 Å². The second kappa shape index (κ2) is 8.39. The first kappa shape index (κ1) is 21.7. The molecule has 0 bridgehead atoms. The van der Waals surface area contributed by atoms with Crippen molar-refractivity contribution in [3.8, 4) is 0 Å². The largest absolute Gasteiger partial charge is 0.444 e. The van der Waals surface area contributed by atoms with Crippen LogP contribution < -0.4 is 5.32 Å². The highest BCUT2D eigenvalue weighted by Crippen LogP contribution is 2.20. The Hall–Kier alpha value is -1.30. The first-order chi connectivity index (χ1) is 11.3. The molecule has 25 heavy (non-hydrogen) atoms. The average molecular weight is 356 g/mol. The van der Waals surface area contributed by atoms with E-state index in [2.05, 4.69) is 10.2 Å². The molecule has 1 aliphatic rings. The van der Waals surface area contributed by atoms with Crippen LogP contribution in [0.4, 0.5) is 4.79 Å². The first-order valence-electron chi connectivity index (χ1n) is 9.28. The summed E-state index contributed by atoms with van der Waals surface area (Å²) >= 11 is 0. The Balaban J connectivity index is 2.56. The van der Waals surface area contributed by atoms with Gasteiger partial charge < -0.3 is 15.0 Å². The van der Waals surface area contributed by atoms with Crippen LogP contribution in [0.1, 0.15) is 61.3 Å². The zero-order chi connectivity index (χ0) is 19.4. The van der Waals surface area contributed by atoms with Gasteiger partial charge in [0.25, 0.3) is 0 Å². The van der Waals surface area contributed by atoms with E-state index in [0.717, 1.165) is 25.9 Å². The molecular weight excluding hydrogens is 318 g/mol. The summed E-state index contributed by atoms with van der Waals surface area (Å²) in [4.78, 5) is 28.4. The third-order valence-electron chi connectivity index (χ3n) is 4.21. The third-order valence-corrected chi connectivity index (χ3v) is 4.21. The van der Waals surface area contributed by atoms with Crippen molar-refractivity contribution < 1.29 is 14.3 Å². The van der Waals surface area contributed by atoms with Gasteiger partial charge in [0.05, 0.1) is 6.04 Å². The van der Waals surface area contributed by atoms with Gasteiger partial charge >= 0.3 is 6.09 Å². The summed E-state index contributed by atoms with van der Waals surface area (Å²) in [6, 6.07) is -0.158. The normalized spacial score (nSPS) is 20.7. The molecule has 1 aliphatic heterocycles. The van der Waals surface area contributed by atoms with Gasteiger partial charge in [0.15, 0.2) is 0 Å². The molecule has 0 aliphatic carbocycles. The fraction of sp³-hybridized carbons (Fsp3) is 0.895. The predicted molar refractivity (Wildman–Crippen MR) is 101 cm³/mol. The summed E-state index contributed by atoms with van der Waals surface area (Å²) in [6.45, 7) is 16.0. The smallest absolute Gasteiger partial charge is 0.410 e. The molecule has 0 radical (unpaired) electrons. The van der Waals surface area contributed by atoms with E-state index in [1.165, 1.54) is 0 Å². The van der Waals surface area contributed by atoms with Crippen LogP contribution in [0.5, 0.6) is 0 Å². The maximum absolute atomic E-state index is 12.4. The second-order valence-corrected chi connectivity index (χ2v) is 9.28. The van der Waals surface area contributed by atoms with E-state index < -0.39 is 5.60 Å². The molecule has 2 amide bonds. The van der Waals surface area contributed by atoms with E-state index in [-0.39, 0.29) is 23.6 Å². The zero-order valence-corrected chi connectivity index (χ0v) is 17.3. The molecule has 1 N–H and O–H groups in total. The lowest BCUT2D eigenvalue weighted by Gasteiger charge is -2.38. The van der Waals surface area contributed by atoms with E-state index in [0.29, 0.717) is 12.5 Å². The molecule has 6 heteroatoms. The number of amides is 2. The first-order valence-corrected chi connectivity index (χ1v) is 9.28. The topological polar surface area (TPSA) is 61.9 Å². The quantitative estimate of drug-likeness (QED) is 0.842. The average Bonchev–Trinajstić information content (AvgIpc) is 2.43. The molecule has 1 fully saturated rings. The van der Waals surface area contributed by atoms with Gasteiger partial charge in [-0.2, -0.15) is 0 Å². The Morgan fingerprint density at radius 2 is 1.84 bits per heavy atom. The number of nitrogens with zero attached hydrogens (tertiary/aromatic N) is 2. The lowest BCUT2D eigenvalue weighted by atomic mass is 9.96. The van der Waals surface area contributed by atoms with Gasteiger partial charge in [-0.05, 0) is 73.8 Å². The number of hydrogen-bond acceptors (Lipinski definition) is 4. The SMILES string of the molecule is C[C@@H](C(=O)NC(C)(C)C)N1CCC[C@@H](CN(C)C(=O)OC(C)(C)C)C1. The Kier molecular flexibility index (Phi) is 7.29. The minimum atomic E-state index is -0.483. The Morgan fingerprint density at radius 1 is 1.24 bits per heavy atom. The van der Waals surface area contributed by atoms with Crippen molar-refractivity contribution in [2.24, 2.45) is 5.92 Å². The van der Waals surface area contributed by atoms with E-state index in [9.17, 15) is 9.59 Å². The zero-order valence-electron chi connectivity index (χ0n) is 17.3. The number of rotatable bonds is 4. The highest BCUT2D eigenvalue weighted by Gasteiger charge is 2.30. The monoisotopic (exact) mass is 355 g/mol. The van der Waals surface area contributed by atoms with Crippen LogP contribution in [0.3, 0.4) is 0 Å². The molecule has 146 valence electrons. The van der Waals surface area contributed by atoms with Crippen molar-refractivity contribution >= 4 is 12.0 Å². The van der Waals surface area contributed by atoms with Crippen LogP contribution >= 0.6 is 0 Å². The van der Waals surface area contributed by atoms with Crippen molar-refractivity contribution in [3.63, 3.8) is 0 Å². The van der Waals surface area contributed by atoms with Crippen LogP contribution in [0.2, 0.25) is 0 Å². The minimum Gasteiger partial charge on any atom is -0.444 e. The fourth-order valence-corrected chi connectivity index (χ4v) is 3.04. The van der Waals surface area contributed by atoms with Gasteiger partial charge in [0.1, 0.15) is 5.60 Å². The van der Waals surface area contributed by atoms with E-state index >= 15 is 0 Å². The number of carbonyl (C=O) groups is 2. The third kappa shape index (κ3) is 8.08. The lowest BCUT2D eigenvalue weighted by Crippen LogP contribution is -2.54. The van der Waals surface area contributed by atoms with Gasteiger partial charge in [0, 0.05) is 25.7 Å². The summed E-state index contributed by atoms with van der Waals surface area (Å²) in [5.74, 6) is 0.421. The predicted octanol–water partition coefficient (Wildman–Crippen LogP) is 2.87. The molecule has 0 aromatic rings. The van der Waals surface area contributed by atoms with Crippen LogP contribution in [0.25, 0.3) is 0 Å². The van der Waals surface area contributed by atoms with Gasteiger partial charge in [-0.25, -0.2) is 4.79 Å². The van der Waals surface area contributed by atoms with Gasteiger partial charge in [-0.1, -0.05) is 0 Å². The van der Waals surface area contributed by atoms with Crippen molar-refractivity contribution in [3.05, 3.63) is 0 Å². The summed E-state index contributed by atoms with van der Waals surface area (Å²) in [7, 11) is 1.78. The standard InChI is InChI=1S/C19H37N3O3/c1-14(16(23)20-18(2,3)4)22-11-9-10-15(13-22)12-21(8)17(24)25-19(5,6)7/h14-15H,9-13H2,1-8H3,(H,20,23)/t14-,15-/m0/s1. The number of nitrogens with one attached hydrogen (secondary N) is 1. The number of ether oxygens (including phenoxy) is 1. The summed E-state index contributed by atoms with van der Waals surface area (Å²) in [6.07, 6.45) is 1.82. The highest BCUT2D eigenvalue weighted by atomic mass is 16.6. The molecule has 0 aromatic carbocycles. The molecule has 1 rings (SSSR count). The molecular formula is C19H37N3O3. The van der Waals surface area contributed by atoms with Crippen LogP contribution in [-0.4, -0.2) is 65.7 Å². The van der Waals surface area contributed by atoms with Gasteiger partial charge in [0.2, 0.25) is 5.91 Å². The van der Waals surface area contributed by atoms with E-state index in [1.54, 1.807) is 11.9 Å². The molecule has 0 spiro atoms. The van der Waals surface area contributed by atoms with Gasteiger partial charge in [-0.15, -0.1) is 0 Å². The Bertz CT molecular complexity index is 466. The minimum absolute atomic E-state index is 0.0636. The number of carbonyl (C=O) groups excluding carboxylic acids is 2. The number of likely N-dealkylation sites (tertiary alicyclic amines) is 1. The Labute approximate surface area is 153 Å². The summed E-state index contributed by atoms with van der Waals surface area (Å²) in [5, 5.41) is 3.05. The van der Waals surface area contributed by atoms with E-state index in [4.69, 9.17) is 4.74 Å². The Morgan fingerprint density at radius 3 is 2.36 bits per heavy atom. The maximum Gasteiger partial charge on any atom is 0.410 e. The molecule has 0 saturated carbocycles. The molecule has 1 heterocycles.